The Labute approximate surface area is 220 Å². The van der Waals surface area contributed by atoms with Crippen molar-refractivity contribution in [3.63, 3.8) is 0 Å². The maximum Gasteiger partial charge on any atom is 0.247 e. The molecule has 1 aliphatic heterocycles. The van der Waals surface area contributed by atoms with Crippen LogP contribution in [0.15, 0.2) is 61.4 Å². The highest BCUT2D eigenvalue weighted by Gasteiger charge is 2.24. The Morgan fingerprint density at radius 3 is 2.97 bits per heavy atom. The first-order valence-electron chi connectivity index (χ1n) is 12.2. The zero-order valence-corrected chi connectivity index (χ0v) is 21.6. The van der Waals surface area contributed by atoms with Crippen LogP contribution in [0.5, 0.6) is 5.75 Å². The third-order valence-electron chi connectivity index (χ3n) is 6.65. The number of amides is 1. The Morgan fingerprint density at radius 2 is 2.16 bits per heavy atom. The minimum Gasteiger partial charge on any atom is -0.495 e. The molecule has 37 heavy (non-hydrogen) atoms. The van der Waals surface area contributed by atoms with Gasteiger partial charge in [-0.3, -0.25) is 4.79 Å². The number of benzene rings is 2. The van der Waals surface area contributed by atoms with Crippen LogP contribution in [0.2, 0.25) is 5.02 Å². The van der Waals surface area contributed by atoms with Crippen LogP contribution in [0.1, 0.15) is 18.4 Å². The molecule has 3 heterocycles. The van der Waals surface area contributed by atoms with E-state index in [1.54, 1.807) is 13.3 Å². The third-order valence-corrected chi connectivity index (χ3v) is 6.93. The van der Waals surface area contributed by atoms with Gasteiger partial charge < -0.3 is 25.3 Å². The van der Waals surface area contributed by atoms with Crippen LogP contribution in [0.3, 0.4) is 0 Å². The number of ether oxygens (including phenoxy) is 1. The number of aryl methyl sites for hydroxylation is 1. The van der Waals surface area contributed by atoms with Crippen molar-refractivity contribution in [3.8, 4) is 17.0 Å². The highest BCUT2D eigenvalue weighted by Crippen LogP contribution is 2.36. The fourth-order valence-corrected chi connectivity index (χ4v) is 4.98. The van der Waals surface area contributed by atoms with E-state index in [1.165, 1.54) is 6.08 Å². The summed E-state index contributed by atoms with van der Waals surface area (Å²) in [6.07, 6.45) is 6.82. The lowest BCUT2D eigenvalue weighted by molar-refractivity contribution is -0.111. The first kappa shape index (κ1) is 24.6. The van der Waals surface area contributed by atoms with Gasteiger partial charge in [0.15, 0.2) is 0 Å². The minimum absolute atomic E-state index is 0.135. The largest absolute Gasteiger partial charge is 0.495 e. The van der Waals surface area contributed by atoms with Gasteiger partial charge in [0.2, 0.25) is 11.9 Å². The normalized spacial score (nSPS) is 15.4. The Morgan fingerprint density at radius 1 is 1.32 bits per heavy atom. The number of aromatic nitrogens is 3. The molecule has 4 aromatic rings. The summed E-state index contributed by atoms with van der Waals surface area (Å²) in [5, 5.41) is 7.92. The average Bonchev–Trinajstić information content (AvgIpc) is 3.35. The molecule has 9 heteroatoms. The van der Waals surface area contributed by atoms with Gasteiger partial charge >= 0.3 is 0 Å². The SMILES string of the molecule is C=CC(=O)Nc1cc(OC)c(N2CCC[C@@H](Nc3ncc(Cl)c(-c4c[nH]c5ccccc45)n3)C2)cc1C. The molecule has 1 saturated heterocycles. The summed E-state index contributed by atoms with van der Waals surface area (Å²) in [6, 6.07) is 12.1. The Bertz CT molecular complexity index is 1470. The number of anilines is 3. The topological polar surface area (TPSA) is 95.2 Å². The van der Waals surface area contributed by atoms with E-state index in [0.29, 0.717) is 28.1 Å². The Balaban J connectivity index is 1.36. The number of H-pyrrole nitrogens is 1. The molecule has 8 nitrogen and oxygen atoms in total. The summed E-state index contributed by atoms with van der Waals surface area (Å²) >= 11 is 6.52. The van der Waals surface area contributed by atoms with Gasteiger partial charge in [0.1, 0.15) is 5.75 Å². The van der Waals surface area contributed by atoms with Gasteiger partial charge in [0.05, 0.1) is 29.7 Å². The zero-order valence-electron chi connectivity index (χ0n) is 20.8. The molecular formula is C28H29ClN6O2. The molecule has 1 aliphatic rings. The van der Waals surface area contributed by atoms with Crippen LogP contribution in [-0.2, 0) is 4.79 Å². The fraction of sp³-hybridized carbons (Fsp3) is 0.250. The molecule has 0 saturated carbocycles. The van der Waals surface area contributed by atoms with Gasteiger partial charge in [-0.2, -0.15) is 0 Å². The summed E-state index contributed by atoms with van der Waals surface area (Å²) in [6.45, 7) is 7.14. The molecule has 2 aromatic heterocycles. The predicted molar refractivity (Wildman–Crippen MR) is 150 cm³/mol. The number of rotatable bonds is 7. The third kappa shape index (κ3) is 5.11. The number of fused-ring (bicyclic) bond motifs is 1. The van der Waals surface area contributed by atoms with Crippen LogP contribution < -0.4 is 20.3 Å². The second-order valence-electron chi connectivity index (χ2n) is 9.10. The van der Waals surface area contributed by atoms with Crippen LogP contribution in [0.4, 0.5) is 17.3 Å². The molecule has 1 amide bonds. The second kappa shape index (κ2) is 10.5. The molecule has 2 aromatic carbocycles. The van der Waals surface area contributed by atoms with Gasteiger partial charge in [-0.25, -0.2) is 9.97 Å². The van der Waals surface area contributed by atoms with Gasteiger partial charge in [0.25, 0.3) is 0 Å². The van der Waals surface area contributed by atoms with E-state index in [2.05, 4.69) is 38.1 Å². The predicted octanol–water partition coefficient (Wildman–Crippen LogP) is 5.80. The quantitative estimate of drug-likeness (QED) is 0.269. The number of carbonyl (C=O) groups is 1. The summed E-state index contributed by atoms with van der Waals surface area (Å²) in [7, 11) is 1.64. The maximum absolute atomic E-state index is 11.8. The number of methoxy groups -OCH3 is 1. The lowest BCUT2D eigenvalue weighted by atomic mass is 10.0. The molecule has 190 valence electrons. The minimum atomic E-state index is -0.255. The number of halogens is 1. The van der Waals surface area contributed by atoms with Crippen LogP contribution >= 0.6 is 11.6 Å². The summed E-state index contributed by atoms with van der Waals surface area (Å²) < 4.78 is 5.69. The van der Waals surface area contributed by atoms with E-state index < -0.39 is 0 Å². The number of hydrogen-bond donors (Lipinski definition) is 3. The Hall–Kier alpha value is -4.04. The standard InChI is InChI=1S/C28H29ClN6O2/c1-4-26(36)33-23-13-25(37-3)24(12-17(23)2)35-11-7-8-18(16-35)32-28-31-15-21(29)27(34-28)20-14-30-22-10-6-5-9-19(20)22/h4-6,9-10,12-15,18,30H,1,7-8,11,16H2,2-3H3,(H,33,36)(H,31,32,34)/t18-/m1/s1. The van der Waals surface area contributed by atoms with Crippen molar-refractivity contribution in [1.82, 2.24) is 15.0 Å². The molecule has 0 unspecified atom stereocenters. The zero-order chi connectivity index (χ0) is 25.9. The number of hydrogen-bond acceptors (Lipinski definition) is 6. The lowest BCUT2D eigenvalue weighted by Crippen LogP contribution is -2.42. The van der Waals surface area contributed by atoms with Gasteiger partial charge in [-0.1, -0.05) is 36.4 Å². The van der Waals surface area contributed by atoms with E-state index in [0.717, 1.165) is 53.6 Å². The molecule has 3 N–H and O–H groups in total. The van der Waals surface area contributed by atoms with E-state index in [1.807, 2.05) is 43.5 Å². The van der Waals surface area contributed by atoms with Crippen molar-refractivity contribution >= 4 is 45.7 Å². The van der Waals surface area contributed by atoms with Gasteiger partial charge in [0, 0.05) is 53.5 Å². The van der Waals surface area contributed by atoms with Crippen LogP contribution in [-0.4, -0.2) is 47.1 Å². The molecule has 1 atom stereocenters. The number of para-hydroxylation sites is 1. The molecule has 0 bridgehead atoms. The van der Waals surface area contributed by atoms with Gasteiger partial charge in [-0.05, 0) is 43.5 Å². The molecule has 0 spiro atoms. The summed E-state index contributed by atoms with van der Waals surface area (Å²) in [4.78, 5) is 26.6. The first-order chi connectivity index (χ1) is 18.0. The van der Waals surface area contributed by atoms with Crippen molar-refractivity contribution < 1.29 is 9.53 Å². The van der Waals surface area contributed by atoms with Crippen LogP contribution in [0.25, 0.3) is 22.2 Å². The molecule has 5 rings (SSSR count). The molecule has 0 radical (unpaired) electrons. The van der Waals surface area contributed by atoms with E-state index in [9.17, 15) is 4.79 Å². The van der Waals surface area contributed by atoms with Crippen molar-refractivity contribution in [2.45, 2.75) is 25.8 Å². The lowest BCUT2D eigenvalue weighted by Gasteiger charge is -2.36. The van der Waals surface area contributed by atoms with Crippen molar-refractivity contribution in [2.75, 3.05) is 35.7 Å². The highest BCUT2D eigenvalue weighted by molar-refractivity contribution is 6.33. The first-order valence-corrected chi connectivity index (χ1v) is 12.6. The fourth-order valence-electron chi connectivity index (χ4n) is 4.79. The maximum atomic E-state index is 11.8. The Kier molecular flexibility index (Phi) is 7.01. The number of carbonyl (C=O) groups excluding carboxylic acids is 1. The smallest absolute Gasteiger partial charge is 0.247 e. The van der Waals surface area contributed by atoms with Crippen molar-refractivity contribution in [1.29, 1.82) is 0 Å². The second-order valence-corrected chi connectivity index (χ2v) is 9.51. The molecule has 1 fully saturated rings. The number of nitrogens with zero attached hydrogens (tertiary/aromatic N) is 3. The summed E-state index contributed by atoms with van der Waals surface area (Å²) in [5.41, 5.74) is 5.31. The molecular weight excluding hydrogens is 488 g/mol. The number of nitrogens with one attached hydrogen (secondary N) is 3. The number of aromatic amines is 1. The van der Waals surface area contributed by atoms with Crippen LogP contribution in [0, 0.1) is 6.92 Å². The monoisotopic (exact) mass is 516 g/mol. The van der Waals surface area contributed by atoms with E-state index in [-0.39, 0.29) is 11.9 Å². The van der Waals surface area contributed by atoms with Crippen molar-refractivity contribution in [2.24, 2.45) is 0 Å². The summed E-state index contributed by atoms with van der Waals surface area (Å²) in [5.74, 6) is 0.993. The highest BCUT2D eigenvalue weighted by atomic mass is 35.5. The van der Waals surface area contributed by atoms with E-state index in [4.69, 9.17) is 21.3 Å². The van der Waals surface area contributed by atoms with E-state index >= 15 is 0 Å². The van der Waals surface area contributed by atoms with Gasteiger partial charge in [-0.15, -0.1) is 0 Å². The number of piperidine rings is 1. The van der Waals surface area contributed by atoms with Crippen molar-refractivity contribution in [3.05, 3.63) is 72.0 Å². The average molecular weight is 517 g/mol. The molecule has 0 aliphatic carbocycles.